The van der Waals surface area contributed by atoms with Crippen molar-refractivity contribution < 1.29 is 12.0 Å². The number of aromatic amines is 1. The van der Waals surface area contributed by atoms with Crippen LogP contribution in [0.1, 0.15) is 38.4 Å². The molecule has 2 aliphatic heterocycles. The monoisotopic (exact) mass is 465 g/mol. The molecule has 2 atom stereocenters. The molecule has 9 heteroatoms. The molecular formula is C24H24FN5O2S. The number of benzene rings is 2. The lowest BCUT2D eigenvalue weighted by molar-refractivity contribution is 0.179. The summed E-state index contributed by atoms with van der Waals surface area (Å²) >= 11 is 1.15. The zero-order valence-electron chi connectivity index (χ0n) is 17.8. The molecule has 33 heavy (non-hydrogen) atoms. The predicted octanol–water partition coefficient (Wildman–Crippen LogP) is 5.28. The molecule has 0 unspecified atom stereocenters. The Balaban J connectivity index is 0.00000144. The molecule has 2 aliphatic rings. The second-order valence-electron chi connectivity index (χ2n) is 8.68. The van der Waals surface area contributed by atoms with Gasteiger partial charge < -0.3 is 15.2 Å². The fourth-order valence-electron chi connectivity index (χ4n) is 5.18. The minimum absolute atomic E-state index is 0. The smallest absolute Gasteiger partial charge is 0.322 e. The number of pyridine rings is 1. The molecule has 4 heterocycles. The second-order valence-corrected chi connectivity index (χ2v) is 9.21. The van der Waals surface area contributed by atoms with Crippen LogP contribution in [0.25, 0.3) is 22.2 Å². The van der Waals surface area contributed by atoms with E-state index in [2.05, 4.69) is 19.0 Å². The van der Waals surface area contributed by atoms with Gasteiger partial charge in [0.25, 0.3) is 0 Å². The Morgan fingerprint density at radius 3 is 2.94 bits per heavy atom. The van der Waals surface area contributed by atoms with E-state index in [0.717, 1.165) is 63.4 Å². The highest BCUT2D eigenvalue weighted by Crippen LogP contribution is 2.43. The first-order chi connectivity index (χ1) is 16.0. The van der Waals surface area contributed by atoms with E-state index in [1.54, 1.807) is 23.2 Å². The van der Waals surface area contributed by atoms with Crippen molar-refractivity contribution in [1.29, 1.82) is 0 Å². The number of nitrogens with zero attached hydrogens (tertiary/aromatic N) is 3. The van der Waals surface area contributed by atoms with Gasteiger partial charge in [0, 0.05) is 21.2 Å². The third-order valence-corrected chi connectivity index (χ3v) is 7.27. The number of carbonyl (C=O) groups is 1. The topological polar surface area (TPSA) is 91.0 Å². The van der Waals surface area contributed by atoms with Crippen LogP contribution in [0.3, 0.4) is 0 Å². The van der Waals surface area contributed by atoms with Gasteiger partial charge in [-0.3, -0.25) is 4.79 Å². The molecule has 2 aromatic carbocycles. The molecule has 4 aromatic rings. The van der Waals surface area contributed by atoms with Crippen molar-refractivity contribution in [2.75, 3.05) is 5.32 Å². The van der Waals surface area contributed by atoms with Gasteiger partial charge in [0.2, 0.25) is 5.56 Å². The number of amides is 2. The Hall–Kier alpha value is -3.59. The Morgan fingerprint density at radius 2 is 2.06 bits per heavy atom. The second kappa shape index (κ2) is 7.48. The molecule has 0 spiro atoms. The summed E-state index contributed by atoms with van der Waals surface area (Å²) in [4.78, 5) is 29.4. The van der Waals surface area contributed by atoms with E-state index in [1.165, 1.54) is 6.07 Å². The van der Waals surface area contributed by atoms with Crippen LogP contribution in [-0.2, 0) is 6.42 Å². The maximum Gasteiger partial charge on any atom is 0.322 e. The minimum atomic E-state index is -0.491. The van der Waals surface area contributed by atoms with Gasteiger partial charge in [0.1, 0.15) is 16.9 Å². The molecule has 2 amide bonds. The molecule has 170 valence electrons. The number of halogens is 1. The Bertz CT molecular complexity index is 1490. The lowest BCUT2D eigenvalue weighted by atomic mass is 9.95. The highest BCUT2D eigenvalue weighted by molar-refractivity contribution is 7.00. The summed E-state index contributed by atoms with van der Waals surface area (Å²) in [5.41, 5.74) is 6.02. The van der Waals surface area contributed by atoms with Gasteiger partial charge in [-0.1, -0.05) is 6.07 Å². The van der Waals surface area contributed by atoms with Crippen molar-refractivity contribution in [3.05, 3.63) is 75.5 Å². The van der Waals surface area contributed by atoms with Gasteiger partial charge >= 0.3 is 6.03 Å². The van der Waals surface area contributed by atoms with Gasteiger partial charge in [0.05, 0.1) is 23.5 Å². The van der Waals surface area contributed by atoms with Gasteiger partial charge in [0.15, 0.2) is 0 Å². The fourth-order valence-corrected chi connectivity index (χ4v) is 5.70. The molecule has 0 saturated carbocycles. The normalized spacial score (nSPS) is 19.0. The predicted molar refractivity (Wildman–Crippen MR) is 129 cm³/mol. The van der Waals surface area contributed by atoms with Crippen LogP contribution in [0.2, 0.25) is 0 Å². The summed E-state index contributed by atoms with van der Waals surface area (Å²) in [5.74, 6) is -0.491. The van der Waals surface area contributed by atoms with E-state index < -0.39 is 5.82 Å². The van der Waals surface area contributed by atoms with Crippen LogP contribution in [0, 0.1) is 12.7 Å². The SMILES string of the molecule is Cc1cc(NC(=O)N2[C@H]3CC[C@@H]2c2c[nH]c(=O)cc2C3)c(F)cc1-c1ccc2nsnc2c1.[HH].[HH]. The Labute approximate surface area is 195 Å². The van der Waals surface area contributed by atoms with E-state index in [-0.39, 0.29) is 32.2 Å². The maximum atomic E-state index is 15.1. The number of anilines is 1. The number of urea groups is 1. The van der Waals surface area contributed by atoms with Gasteiger partial charge in [-0.2, -0.15) is 8.75 Å². The summed E-state index contributed by atoms with van der Waals surface area (Å²) in [6.07, 6.45) is 4.02. The van der Waals surface area contributed by atoms with Crippen LogP contribution in [0.15, 0.2) is 47.4 Å². The molecule has 2 aromatic heterocycles. The molecular weight excluding hydrogens is 441 g/mol. The average molecular weight is 466 g/mol. The van der Waals surface area contributed by atoms with E-state index in [9.17, 15) is 9.59 Å². The van der Waals surface area contributed by atoms with Crippen molar-refractivity contribution in [3.8, 4) is 11.1 Å². The molecule has 0 radical (unpaired) electrons. The highest BCUT2D eigenvalue weighted by atomic mass is 32.1. The summed E-state index contributed by atoms with van der Waals surface area (Å²) in [6.45, 7) is 1.89. The number of rotatable bonds is 2. The fraction of sp³-hybridized carbons (Fsp3) is 0.250. The quantitative estimate of drug-likeness (QED) is 0.421. The highest BCUT2D eigenvalue weighted by Gasteiger charge is 2.42. The number of fused-ring (bicyclic) bond motifs is 5. The maximum absolute atomic E-state index is 15.1. The Morgan fingerprint density at radius 1 is 1.21 bits per heavy atom. The summed E-state index contributed by atoms with van der Waals surface area (Å²) in [5, 5.41) is 2.79. The van der Waals surface area contributed by atoms with E-state index >= 15 is 4.39 Å². The third kappa shape index (κ3) is 3.31. The van der Waals surface area contributed by atoms with E-state index in [1.807, 2.05) is 25.1 Å². The zero-order chi connectivity index (χ0) is 22.7. The summed E-state index contributed by atoms with van der Waals surface area (Å²) in [6, 6.07) is 9.99. The molecule has 2 N–H and O–H groups in total. The number of nitrogens with one attached hydrogen (secondary N) is 2. The average Bonchev–Trinajstić information content (AvgIpc) is 3.39. The molecule has 7 nitrogen and oxygen atoms in total. The Kier molecular flexibility index (Phi) is 4.55. The van der Waals surface area contributed by atoms with Crippen molar-refractivity contribution >= 4 is 34.5 Å². The van der Waals surface area contributed by atoms with Crippen molar-refractivity contribution in [3.63, 3.8) is 0 Å². The standard InChI is InChI=1S/C24H20FN5O2S.2H2/c1-12-6-20(18(25)10-16(12)13-2-4-19-21(8-13)29-33-28-19)27-24(32)30-15-3-5-22(30)17-11-26-23(31)9-14(17)7-15;;/h2,4,6,8-11,15,22H,3,5,7H2,1H3,(H,26,31)(H,27,32);2*1H/t15-,22+;;/m0../s1. The van der Waals surface area contributed by atoms with Gasteiger partial charge in [-0.25, -0.2) is 9.18 Å². The van der Waals surface area contributed by atoms with Crippen molar-refractivity contribution in [2.45, 2.75) is 38.3 Å². The van der Waals surface area contributed by atoms with Crippen LogP contribution < -0.4 is 10.9 Å². The van der Waals surface area contributed by atoms with Gasteiger partial charge in [-0.15, -0.1) is 0 Å². The summed E-state index contributed by atoms with van der Waals surface area (Å²) in [7, 11) is 0. The molecule has 6 rings (SSSR count). The number of hydrogen-bond donors (Lipinski definition) is 2. The molecule has 2 bridgehead atoms. The zero-order valence-corrected chi connectivity index (χ0v) is 18.6. The van der Waals surface area contributed by atoms with Crippen LogP contribution >= 0.6 is 11.7 Å². The van der Waals surface area contributed by atoms with Crippen molar-refractivity contribution in [1.82, 2.24) is 18.6 Å². The summed E-state index contributed by atoms with van der Waals surface area (Å²) < 4.78 is 23.6. The van der Waals surface area contributed by atoms with Crippen LogP contribution in [0.4, 0.5) is 14.9 Å². The molecule has 1 fully saturated rings. The van der Waals surface area contributed by atoms with E-state index in [4.69, 9.17) is 0 Å². The van der Waals surface area contributed by atoms with Crippen molar-refractivity contribution in [2.24, 2.45) is 0 Å². The number of aromatic nitrogens is 3. The lowest BCUT2D eigenvalue weighted by Crippen LogP contribution is -2.44. The number of carbonyl (C=O) groups excluding carboxylic acids is 1. The first-order valence-corrected chi connectivity index (χ1v) is 11.5. The van der Waals surface area contributed by atoms with Gasteiger partial charge in [-0.05, 0) is 78.3 Å². The minimum Gasteiger partial charge on any atom is -0.329 e. The number of H-pyrrole nitrogens is 1. The number of aryl methyl sites for hydroxylation is 1. The van der Waals surface area contributed by atoms with E-state index in [0.29, 0.717) is 6.42 Å². The molecule has 1 saturated heterocycles. The first-order valence-electron chi connectivity index (χ1n) is 10.8. The van der Waals surface area contributed by atoms with Crippen LogP contribution in [-0.4, -0.2) is 30.7 Å². The largest absolute Gasteiger partial charge is 0.329 e. The number of hydrogen-bond acceptors (Lipinski definition) is 5. The third-order valence-electron chi connectivity index (χ3n) is 6.72. The molecule has 0 aliphatic carbocycles. The first kappa shape index (κ1) is 20.0. The lowest BCUT2D eigenvalue weighted by Gasteiger charge is -2.36. The van der Waals surface area contributed by atoms with Crippen LogP contribution in [0.5, 0.6) is 0 Å².